The standard InChI is InChI=1S/C16H24N2O/c1-3-8-18-16(14-6-5-10-19-12-14)15-7-9-17-11-13(15)4-2/h7,9,11-12,16,18H,3-6,8,10H2,1-2H3. The van der Waals surface area contributed by atoms with Gasteiger partial charge in [0.25, 0.3) is 0 Å². The van der Waals surface area contributed by atoms with Crippen LogP contribution in [0.1, 0.15) is 50.3 Å². The fourth-order valence-electron chi connectivity index (χ4n) is 2.54. The van der Waals surface area contributed by atoms with E-state index in [2.05, 4.69) is 30.2 Å². The summed E-state index contributed by atoms with van der Waals surface area (Å²) in [5.41, 5.74) is 4.03. The Hall–Kier alpha value is -1.35. The summed E-state index contributed by atoms with van der Waals surface area (Å²) >= 11 is 0. The van der Waals surface area contributed by atoms with Gasteiger partial charge >= 0.3 is 0 Å². The Bertz CT molecular complexity index is 429. The van der Waals surface area contributed by atoms with E-state index in [0.717, 1.165) is 38.8 Å². The largest absolute Gasteiger partial charge is 0.501 e. The number of ether oxygens (including phenoxy) is 1. The van der Waals surface area contributed by atoms with Crippen molar-refractivity contribution in [3.8, 4) is 0 Å². The van der Waals surface area contributed by atoms with Gasteiger partial charge in [-0.2, -0.15) is 0 Å². The molecule has 1 atom stereocenters. The van der Waals surface area contributed by atoms with Crippen LogP contribution in [0.3, 0.4) is 0 Å². The van der Waals surface area contributed by atoms with Gasteiger partial charge in [-0.25, -0.2) is 0 Å². The lowest BCUT2D eigenvalue weighted by molar-refractivity contribution is 0.219. The van der Waals surface area contributed by atoms with E-state index in [0.29, 0.717) is 0 Å². The lowest BCUT2D eigenvalue weighted by Crippen LogP contribution is -2.26. The number of nitrogens with zero attached hydrogens (tertiary/aromatic N) is 1. The van der Waals surface area contributed by atoms with Crippen LogP contribution in [0.4, 0.5) is 0 Å². The van der Waals surface area contributed by atoms with Crippen LogP contribution in [0.2, 0.25) is 0 Å². The summed E-state index contributed by atoms with van der Waals surface area (Å²) in [4.78, 5) is 4.25. The Kier molecular flexibility index (Phi) is 5.40. The van der Waals surface area contributed by atoms with Gasteiger partial charge < -0.3 is 10.1 Å². The highest BCUT2D eigenvalue weighted by Crippen LogP contribution is 2.29. The van der Waals surface area contributed by atoms with Crippen LogP contribution in [0.5, 0.6) is 0 Å². The Balaban J connectivity index is 2.27. The molecule has 3 nitrogen and oxygen atoms in total. The molecule has 3 heteroatoms. The quantitative estimate of drug-likeness (QED) is 0.851. The average Bonchev–Trinajstić information content (AvgIpc) is 2.49. The van der Waals surface area contributed by atoms with E-state index >= 15 is 0 Å². The van der Waals surface area contributed by atoms with Crippen LogP contribution in [-0.2, 0) is 11.2 Å². The van der Waals surface area contributed by atoms with Gasteiger partial charge in [0.1, 0.15) is 0 Å². The molecule has 0 bridgehead atoms. The van der Waals surface area contributed by atoms with Gasteiger partial charge in [0.05, 0.1) is 18.9 Å². The first kappa shape index (κ1) is 14.1. The third-order valence-electron chi connectivity index (χ3n) is 3.56. The van der Waals surface area contributed by atoms with Crippen LogP contribution in [0, 0.1) is 0 Å². The molecule has 1 aromatic heterocycles. The van der Waals surface area contributed by atoms with Crippen LogP contribution < -0.4 is 5.32 Å². The van der Waals surface area contributed by atoms with E-state index in [1.54, 1.807) is 0 Å². The summed E-state index contributed by atoms with van der Waals surface area (Å²) in [7, 11) is 0. The van der Waals surface area contributed by atoms with Gasteiger partial charge in [-0.05, 0) is 55.0 Å². The average molecular weight is 260 g/mol. The molecular weight excluding hydrogens is 236 g/mol. The normalized spacial score (nSPS) is 16.6. The first-order valence-electron chi connectivity index (χ1n) is 7.33. The maximum Gasteiger partial charge on any atom is 0.0876 e. The molecule has 0 spiro atoms. The van der Waals surface area contributed by atoms with Gasteiger partial charge in [-0.3, -0.25) is 4.98 Å². The van der Waals surface area contributed by atoms with E-state index in [1.165, 1.54) is 16.7 Å². The van der Waals surface area contributed by atoms with Crippen molar-refractivity contribution in [3.63, 3.8) is 0 Å². The molecule has 0 radical (unpaired) electrons. The third-order valence-corrected chi connectivity index (χ3v) is 3.56. The zero-order valence-electron chi connectivity index (χ0n) is 12.0. The fraction of sp³-hybridized carbons (Fsp3) is 0.562. The molecule has 1 unspecified atom stereocenters. The topological polar surface area (TPSA) is 34.1 Å². The predicted octanol–water partition coefficient (Wildman–Crippen LogP) is 3.38. The van der Waals surface area contributed by atoms with Gasteiger partial charge in [-0.15, -0.1) is 0 Å². The second-order valence-electron chi connectivity index (χ2n) is 4.98. The van der Waals surface area contributed by atoms with Crippen molar-refractivity contribution >= 4 is 0 Å². The predicted molar refractivity (Wildman–Crippen MR) is 77.9 cm³/mol. The molecule has 19 heavy (non-hydrogen) atoms. The Labute approximate surface area is 116 Å². The van der Waals surface area contributed by atoms with Crippen molar-refractivity contribution in [2.75, 3.05) is 13.2 Å². The number of hydrogen-bond acceptors (Lipinski definition) is 3. The van der Waals surface area contributed by atoms with Gasteiger partial charge in [-0.1, -0.05) is 13.8 Å². The molecule has 1 aliphatic heterocycles. The van der Waals surface area contributed by atoms with E-state index in [1.807, 2.05) is 18.7 Å². The molecule has 0 saturated heterocycles. The minimum absolute atomic E-state index is 0.276. The number of pyridine rings is 1. The molecule has 0 aliphatic carbocycles. The van der Waals surface area contributed by atoms with Crippen LogP contribution in [-0.4, -0.2) is 18.1 Å². The molecule has 104 valence electrons. The van der Waals surface area contributed by atoms with Crippen molar-refractivity contribution < 1.29 is 4.74 Å². The number of nitrogens with one attached hydrogen (secondary N) is 1. The summed E-state index contributed by atoms with van der Waals surface area (Å²) in [5.74, 6) is 0. The minimum Gasteiger partial charge on any atom is -0.501 e. The van der Waals surface area contributed by atoms with Crippen LogP contribution >= 0.6 is 0 Å². The van der Waals surface area contributed by atoms with Crippen LogP contribution in [0.15, 0.2) is 30.3 Å². The fourth-order valence-corrected chi connectivity index (χ4v) is 2.54. The number of hydrogen-bond donors (Lipinski definition) is 1. The molecule has 0 amide bonds. The van der Waals surface area contributed by atoms with Crippen molar-refractivity contribution in [2.24, 2.45) is 0 Å². The molecule has 1 aliphatic rings. The monoisotopic (exact) mass is 260 g/mol. The highest BCUT2D eigenvalue weighted by molar-refractivity contribution is 5.33. The SMILES string of the molecule is CCCNC(C1=COCCC1)c1ccncc1CC. The number of aryl methyl sites for hydroxylation is 1. The van der Waals surface area contributed by atoms with Gasteiger partial charge in [0, 0.05) is 12.4 Å². The zero-order valence-corrected chi connectivity index (χ0v) is 12.0. The molecular formula is C16H24N2O. The molecule has 1 N–H and O–H groups in total. The highest BCUT2D eigenvalue weighted by Gasteiger charge is 2.20. The third kappa shape index (κ3) is 3.57. The van der Waals surface area contributed by atoms with E-state index in [4.69, 9.17) is 4.74 Å². The molecule has 0 saturated carbocycles. The van der Waals surface area contributed by atoms with Gasteiger partial charge in [0.2, 0.25) is 0 Å². The maximum atomic E-state index is 5.52. The summed E-state index contributed by atoms with van der Waals surface area (Å²) in [5, 5.41) is 3.65. The summed E-state index contributed by atoms with van der Waals surface area (Å²) < 4.78 is 5.52. The minimum atomic E-state index is 0.276. The van der Waals surface area contributed by atoms with Crippen molar-refractivity contribution in [2.45, 2.75) is 45.6 Å². The Morgan fingerprint density at radius 3 is 3.00 bits per heavy atom. The zero-order chi connectivity index (χ0) is 13.5. The van der Waals surface area contributed by atoms with Crippen molar-refractivity contribution in [1.82, 2.24) is 10.3 Å². The van der Waals surface area contributed by atoms with Gasteiger partial charge in [0.15, 0.2) is 0 Å². The molecule has 0 fully saturated rings. The second-order valence-corrected chi connectivity index (χ2v) is 4.98. The smallest absolute Gasteiger partial charge is 0.0876 e. The van der Waals surface area contributed by atoms with Crippen LogP contribution in [0.25, 0.3) is 0 Å². The first-order chi connectivity index (χ1) is 9.36. The number of rotatable bonds is 6. The summed E-state index contributed by atoms with van der Waals surface area (Å²) in [6.07, 6.45) is 10.2. The Morgan fingerprint density at radius 1 is 1.42 bits per heavy atom. The Morgan fingerprint density at radius 2 is 2.32 bits per heavy atom. The maximum absolute atomic E-state index is 5.52. The highest BCUT2D eigenvalue weighted by atomic mass is 16.5. The van der Waals surface area contributed by atoms with E-state index in [-0.39, 0.29) is 6.04 Å². The van der Waals surface area contributed by atoms with Crippen molar-refractivity contribution in [3.05, 3.63) is 41.4 Å². The lowest BCUT2D eigenvalue weighted by atomic mass is 9.92. The second kappa shape index (κ2) is 7.29. The summed E-state index contributed by atoms with van der Waals surface area (Å²) in [6.45, 7) is 6.25. The number of aromatic nitrogens is 1. The lowest BCUT2D eigenvalue weighted by Gasteiger charge is -2.26. The molecule has 1 aromatic rings. The van der Waals surface area contributed by atoms with Crippen molar-refractivity contribution in [1.29, 1.82) is 0 Å². The molecule has 2 heterocycles. The molecule has 2 rings (SSSR count). The van der Waals surface area contributed by atoms with E-state index in [9.17, 15) is 0 Å². The first-order valence-corrected chi connectivity index (χ1v) is 7.33. The molecule has 0 aromatic carbocycles. The summed E-state index contributed by atoms with van der Waals surface area (Å²) in [6, 6.07) is 2.42. The van der Waals surface area contributed by atoms with E-state index < -0.39 is 0 Å².